The van der Waals surface area contributed by atoms with Crippen LogP contribution in [0.25, 0.3) is 10.9 Å². The van der Waals surface area contributed by atoms with Crippen LogP contribution in [0.2, 0.25) is 0 Å². The van der Waals surface area contributed by atoms with Crippen molar-refractivity contribution in [1.82, 2.24) is 4.98 Å². The fourth-order valence-electron chi connectivity index (χ4n) is 2.25. The van der Waals surface area contributed by atoms with E-state index in [-0.39, 0.29) is 6.61 Å². The fourth-order valence-corrected chi connectivity index (χ4v) is 2.25. The van der Waals surface area contributed by atoms with E-state index in [0.29, 0.717) is 6.61 Å². The number of fused-ring (bicyclic) bond motifs is 1. The normalized spacial score (nSPS) is 10.7. The molecule has 0 aliphatic heterocycles. The Labute approximate surface area is 123 Å². The molecule has 2 aromatic carbocycles. The summed E-state index contributed by atoms with van der Waals surface area (Å²) in [7, 11) is 0. The molecule has 21 heavy (non-hydrogen) atoms. The van der Waals surface area contributed by atoms with Gasteiger partial charge in [-0.15, -0.1) is 0 Å². The molecule has 0 aliphatic carbocycles. The molecule has 0 amide bonds. The largest absolute Gasteiger partial charge is 0.493 e. The van der Waals surface area contributed by atoms with Crippen LogP contribution in [0.1, 0.15) is 11.3 Å². The van der Waals surface area contributed by atoms with Gasteiger partial charge < -0.3 is 9.84 Å². The summed E-state index contributed by atoms with van der Waals surface area (Å²) in [5.74, 6) is 0.780. The van der Waals surface area contributed by atoms with Crippen molar-refractivity contribution in [2.24, 2.45) is 0 Å². The highest BCUT2D eigenvalue weighted by Gasteiger charge is 2.00. The molecule has 3 rings (SSSR count). The van der Waals surface area contributed by atoms with Gasteiger partial charge in [0.1, 0.15) is 5.75 Å². The molecule has 1 heterocycles. The molecule has 3 heteroatoms. The molecule has 0 aliphatic rings. The SMILES string of the molecule is OCc1cccc(OCCc2ccc3ccccc3n2)c1. The first-order chi connectivity index (χ1) is 10.3. The first-order valence-electron chi connectivity index (χ1n) is 7.02. The van der Waals surface area contributed by atoms with E-state index >= 15 is 0 Å². The van der Waals surface area contributed by atoms with Gasteiger partial charge in [-0.3, -0.25) is 4.98 Å². The molecule has 0 fully saturated rings. The summed E-state index contributed by atoms with van der Waals surface area (Å²) in [5.41, 5.74) is 2.89. The quantitative estimate of drug-likeness (QED) is 0.779. The summed E-state index contributed by atoms with van der Waals surface area (Å²) in [6, 6.07) is 19.7. The van der Waals surface area contributed by atoms with Crippen LogP contribution in [0, 0.1) is 0 Å². The standard InChI is InChI=1S/C18H17NO2/c20-13-14-4-3-6-17(12-14)21-11-10-16-9-8-15-5-1-2-7-18(15)19-16/h1-9,12,20H,10-11,13H2. The third-order valence-electron chi connectivity index (χ3n) is 3.36. The van der Waals surface area contributed by atoms with E-state index in [4.69, 9.17) is 9.84 Å². The van der Waals surface area contributed by atoms with Gasteiger partial charge >= 0.3 is 0 Å². The van der Waals surface area contributed by atoms with Crippen molar-refractivity contribution in [2.45, 2.75) is 13.0 Å². The third-order valence-corrected chi connectivity index (χ3v) is 3.36. The Morgan fingerprint density at radius 2 is 1.86 bits per heavy atom. The van der Waals surface area contributed by atoms with Gasteiger partial charge in [-0.1, -0.05) is 36.4 Å². The second-order valence-corrected chi connectivity index (χ2v) is 4.90. The van der Waals surface area contributed by atoms with Gasteiger partial charge in [-0.2, -0.15) is 0 Å². The van der Waals surface area contributed by atoms with E-state index < -0.39 is 0 Å². The zero-order chi connectivity index (χ0) is 14.5. The van der Waals surface area contributed by atoms with E-state index in [1.54, 1.807) is 0 Å². The van der Waals surface area contributed by atoms with Crippen LogP contribution in [-0.2, 0) is 13.0 Å². The fraction of sp³-hybridized carbons (Fsp3) is 0.167. The minimum Gasteiger partial charge on any atom is -0.493 e. The van der Waals surface area contributed by atoms with Crippen molar-refractivity contribution in [3.05, 3.63) is 71.9 Å². The molecule has 3 nitrogen and oxygen atoms in total. The molecule has 0 radical (unpaired) electrons. The monoisotopic (exact) mass is 279 g/mol. The molecular weight excluding hydrogens is 262 g/mol. The van der Waals surface area contributed by atoms with Crippen molar-refractivity contribution < 1.29 is 9.84 Å². The summed E-state index contributed by atoms with van der Waals surface area (Å²) in [6.45, 7) is 0.601. The molecule has 1 N–H and O–H groups in total. The summed E-state index contributed by atoms with van der Waals surface area (Å²) in [6.07, 6.45) is 0.758. The number of ether oxygens (including phenoxy) is 1. The Balaban J connectivity index is 1.63. The van der Waals surface area contributed by atoms with Gasteiger partial charge in [0.15, 0.2) is 0 Å². The Morgan fingerprint density at radius 3 is 2.76 bits per heavy atom. The Bertz CT molecular complexity index is 740. The summed E-state index contributed by atoms with van der Waals surface area (Å²) in [5, 5.41) is 10.3. The van der Waals surface area contributed by atoms with E-state index in [2.05, 4.69) is 17.1 Å². The number of aliphatic hydroxyl groups excluding tert-OH is 1. The minimum absolute atomic E-state index is 0.0312. The van der Waals surface area contributed by atoms with Crippen molar-refractivity contribution in [1.29, 1.82) is 0 Å². The van der Waals surface area contributed by atoms with Gasteiger partial charge in [0.05, 0.1) is 18.7 Å². The highest BCUT2D eigenvalue weighted by Crippen LogP contribution is 2.15. The molecule has 1 aromatic heterocycles. The molecule has 0 saturated carbocycles. The van der Waals surface area contributed by atoms with E-state index in [1.807, 2.05) is 48.5 Å². The zero-order valence-corrected chi connectivity index (χ0v) is 11.7. The van der Waals surface area contributed by atoms with Gasteiger partial charge in [0.2, 0.25) is 0 Å². The lowest BCUT2D eigenvalue weighted by Gasteiger charge is -2.07. The zero-order valence-electron chi connectivity index (χ0n) is 11.7. The number of para-hydroxylation sites is 1. The second-order valence-electron chi connectivity index (χ2n) is 4.90. The second kappa shape index (κ2) is 6.37. The number of aromatic nitrogens is 1. The lowest BCUT2D eigenvalue weighted by molar-refractivity contribution is 0.279. The maximum absolute atomic E-state index is 9.10. The van der Waals surface area contributed by atoms with Crippen LogP contribution < -0.4 is 4.74 Å². The smallest absolute Gasteiger partial charge is 0.119 e. The first kappa shape index (κ1) is 13.6. The molecule has 106 valence electrons. The van der Waals surface area contributed by atoms with Crippen LogP contribution in [0.5, 0.6) is 5.75 Å². The van der Waals surface area contributed by atoms with E-state index in [9.17, 15) is 0 Å². The summed E-state index contributed by atoms with van der Waals surface area (Å²) >= 11 is 0. The minimum atomic E-state index is 0.0312. The molecule has 3 aromatic rings. The highest BCUT2D eigenvalue weighted by atomic mass is 16.5. The summed E-state index contributed by atoms with van der Waals surface area (Å²) in [4.78, 5) is 4.62. The van der Waals surface area contributed by atoms with Gasteiger partial charge in [-0.05, 0) is 29.8 Å². The summed E-state index contributed by atoms with van der Waals surface area (Å²) < 4.78 is 5.71. The third kappa shape index (κ3) is 3.38. The number of hydrogen-bond donors (Lipinski definition) is 1. The van der Waals surface area contributed by atoms with Crippen LogP contribution in [0.4, 0.5) is 0 Å². The van der Waals surface area contributed by atoms with Crippen LogP contribution >= 0.6 is 0 Å². The average molecular weight is 279 g/mol. The van der Waals surface area contributed by atoms with Gasteiger partial charge in [0.25, 0.3) is 0 Å². The maximum Gasteiger partial charge on any atom is 0.119 e. The van der Waals surface area contributed by atoms with E-state index in [0.717, 1.165) is 34.3 Å². The molecular formula is C18H17NO2. The average Bonchev–Trinajstić information content (AvgIpc) is 2.55. The van der Waals surface area contributed by atoms with E-state index in [1.165, 1.54) is 0 Å². The number of pyridine rings is 1. The number of hydrogen-bond acceptors (Lipinski definition) is 3. The Hall–Kier alpha value is -2.39. The Kier molecular flexibility index (Phi) is 4.12. The van der Waals surface area contributed by atoms with Gasteiger partial charge in [-0.25, -0.2) is 0 Å². The van der Waals surface area contributed by atoms with Crippen molar-refractivity contribution in [3.63, 3.8) is 0 Å². The molecule has 0 saturated heterocycles. The predicted octanol–water partition coefficient (Wildman–Crippen LogP) is 3.35. The predicted molar refractivity (Wildman–Crippen MR) is 83.3 cm³/mol. The Morgan fingerprint density at radius 1 is 0.952 bits per heavy atom. The number of benzene rings is 2. The molecule has 0 unspecified atom stereocenters. The number of rotatable bonds is 5. The van der Waals surface area contributed by atoms with Crippen molar-refractivity contribution >= 4 is 10.9 Å². The first-order valence-corrected chi connectivity index (χ1v) is 7.02. The topological polar surface area (TPSA) is 42.4 Å². The lowest BCUT2D eigenvalue weighted by Crippen LogP contribution is -2.03. The maximum atomic E-state index is 9.10. The number of nitrogens with zero attached hydrogens (tertiary/aromatic N) is 1. The highest BCUT2D eigenvalue weighted by molar-refractivity contribution is 5.78. The molecule has 0 bridgehead atoms. The van der Waals surface area contributed by atoms with Gasteiger partial charge in [0, 0.05) is 17.5 Å². The van der Waals surface area contributed by atoms with Crippen molar-refractivity contribution in [2.75, 3.05) is 6.61 Å². The molecule has 0 spiro atoms. The molecule has 0 atom stereocenters. The number of aliphatic hydroxyl groups is 1. The van der Waals surface area contributed by atoms with Crippen molar-refractivity contribution in [3.8, 4) is 5.75 Å². The van der Waals surface area contributed by atoms with Crippen LogP contribution in [0.3, 0.4) is 0 Å². The lowest BCUT2D eigenvalue weighted by atomic mass is 10.2. The van der Waals surface area contributed by atoms with Crippen LogP contribution in [-0.4, -0.2) is 16.7 Å². The van der Waals surface area contributed by atoms with Crippen LogP contribution in [0.15, 0.2) is 60.7 Å².